The van der Waals surface area contributed by atoms with Crippen LogP contribution in [0.5, 0.6) is 0 Å². The fourth-order valence-electron chi connectivity index (χ4n) is 3.36. The lowest BCUT2D eigenvalue weighted by Gasteiger charge is -2.08. The molecule has 0 aliphatic rings. The van der Waals surface area contributed by atoms with E-state index in [9.17, 15) is 14.4 Å². The van der Waals surface area contributed by atoms with E-state index in [1.807, 2.05) is 18.2 Å². The Morgan fingerprint density at radius 2 is 1.69 bits per heavy atom. The minimum absolute atomic E-state index is 0.156. The molecule has 4 aromatic rings. The van der Waals surface area contributed by atoms with Gasteiger partial charge in [-0.2, -0.15) is 5.10 Å². The molecule has 0 radical (unpaired) electrons. The van der Waals surface area contributed by atoms with Crippen molar-refractivity contribution in [3.63, 3.8) is 0 Å². The molecule has 4 rings (SSSR count). The van der Waals surface area contributed by atoms with Gasteiger partial charge in [-0.25, -0.2) is 9.36 Å². The van der Waals surface area contributed by atoms with Crippen molar-refractivity contribution in [3.05, 3.63) is 98.2 Å². The first-order valence-corrected chi connectivity index (χ1v) is 10.2. The summed E-state index contributed by atoms with van der Waals surface area (Å²) in [6, 6.07) is 19.0. The highest BCUT2D eigenvalue weighted by Crippen LogP contribution is 2.18. The summed E-state index contributed by atoms with van der Waals surface area (Å²) in [5.74, 6) is -0.529. The molecule has 0 atom stereocenters. The van der Waals surface area contributed by atoms with Gasteiger partial charge >= 0.3 is 0 Å². The Labute approximate surface area is 188 Å². The highest BCUT2D eigenvalue weighted by Gasteiger charge is 2.18. The summed E-state index contributed by atoms with van der Waals surface area (Å²) < 4.78 is 4.20. The van der Waals surface area contributed by atoms with E-state index in [0.29, 0.717) is 22.1 Å². The standard InChI is InChI=1S/C23H20ClN5O3/c1-15-22(23(32)29(27(15)2)18-6-4-3-5-7-18)25-20(30)14-28-21(31)13-12-19(26-28)16-8-10-17(24)11-9-16/h3-13H,14H2,1-2H3,(H,25,30). The molecule has 1 N–H and O–H groups in total. The van der Waals surface area contributed by atoms with Crippen LogP contribution >= 0.6 is 11.6 Å². The van der Waals surface area contributed by atoms with E-state index in [0.717, 1.165) is 10.2 Å². The highest BCUT2D eigenvalue weighted by atomic mass is 35.5. The van der Waals surface area contributed by atoms with Gasteiger partial charge in [-0.05, 0) is 37.3 Å². The van der Waals surface area contributed by atoms with Crippen molar-refractivity contribution >= 4 is 23.2 Å². The minimum Gasteiger partial charge on any atom is -0.318 e. The smallest absolute Gasteiger partial charge is 0.295 e. The third-order valence-electron chi connectivity index (χ3n) is 5.12. The Balaban J connectivity index is 1.60. The number of hydrogen-bond donors (Lipinski definition) is 1. The molecule has 0 unspecified atom stereocenters. The quantitative estimate of drug-likeness (QED) is 0.507. The number of benzene rings is 2. The van der Waals surface area contributed by atoms with Crippen molar-refractivity contribution in [2.45, 2.75) is 13.5 Å². The number of rotatable bonds is 5. The topological polar surface area (TPSA) is 90.9 Å². The summed E-state index contributed by atoms with van der Waals surface area (Å²) in [5, 5.41) is 7.51. The van der Waals surface area contributed by atoms with Crippen LogP contribution < -0.4 is 16.4 Å². The second-order valence-electron chi connectivity index (χ2n) is 7.21. The van der Waals surface area contributed by atoms with E-state index >= 15 is 0 Å². The number of halogens is 1. The summed E-state index contributed by atoms with van der Waals surface area (Å²) in [6.07, 6.45) is 0. The number of amides is 1. The van der Waals surface area contributed by atoms with E-state index in [1.165, 1.54) is 10.7 Å². The molecule has 0 saturated heterocycles. The second-order valence-corrected chi connectivity index (χ2v) is 7.64. The lowest BCUT2D eigenvalue weighted by molar-refractivity contribution is -0.117. The largest absolute Gasteiger partial charge is 0.318 e. The van der Waals surface area contributed by atoms with Gasteiger partial charge in [0.2, 0.25) is 5.91 Å². The van der Waals surface area contributed by atoms with Gasteiger partial charge < -0.3 is 5.32 Å². The molecule has 0 aliphatic heterocycles. The Morgan fingerprint density at radius 1 is 1.00 bits per heavy atom. The van der Waals surface area contributed by atoms with Gasteiger partial charge in [0.25, 0.3) is 11.1 Å². The first kappa shape index (κ1) is 21.3. The van der Waals surface area contributed by atoms with Gasteiger partial charge in [0.15, 0.2) is 0 Å². The molecule has 2 aromatic heterocycles. The van der Waals surface area contributed by atoms with Crippen molar-refractivity contribution in [2.24, 2.45) is 7.05 Å². The lowest BCUT2D eigenvalue weighted by atomic mass is 10.1. The van der Waals surface area contributed by atoms with Gasteiger partial charge in [0.05, 0.1) is 17.1 Å². The van der Waals surface area contributed by atoms with Crippen molar-refractivity contribution in [1.29, 1.82) is 0 Å². The van der Waals surface area contributed by atoms with Crippen molar-refractivity contribution in [1.82, 2.24) is 19.1 Å². The van der Waals surface area contributed by atoms with E-state index in [4.69, 9.17) is 11.6 Å². The molecule has 8 nitrogen and oxygen atoms in total. The molecule has 1 amide bonds. The third-order valence-corrected chi connectivity index (χ3v) is 5.37. The Kier molecular flexibility index (Phi) is 5.79. The molecule has 0 bridgehead atoms. The Morgan fingerprint density at radius 3 is 2.38 bits per heavy atom. The zero-order valence-electron chi connectivity index (χ0n) is 17.4. The van der Waals surface area contributed by atoms with Crippen LogP contribution in [0.1, 0.15) is 5.69 Å². The van der Waals surface area contributed by atoms with E-state index < -0.39 is 11.5 Å². The first-order valence-electron chi connectivity index (χ1n) is 9.83. The monoisotopic (exact) mass is 449 g/mol. The van der Waals surface area contributed by atoms with E-state index in [-0.39, 0.29) is 17.8 Å². The number of carbonyl (C=O) groups is 1. The van der Waals surface area contributed by atoms with Crippen LogP contribution in [0.3, 0.4) is 0 Å². The van der Waals surface area contributed by atoms with Gasteiger partial charge in [-0.15, -0.1) is 0 Å². The highest BCUT2D eigenvalue weighted by molar-refractivity contribution is 6.30. The van der Waals surface area contributed by atoms with Crippen LogP contribution in [0.4, 0.5) is 5.69 Å². The summed E-state index contributed by atoms with van der Waals surface area (Å²) in [6.45, 7) is 1.40. The Bertz CT molecular complexity index is 1400. The lowest BCUT2D eigenvalue weighted by Crippen LogP contribution is -2.30. The van der Waals surface area contributed by atoms with Crippen molar-refractivity contribution in [2.75, 3.05) is 5.32 Å². The summed E-state index contributed by atoms with van der Waals surface area (Å²) in [5.41, 5.74) is 1.91. The molecule has 0 saturated carbocycles. The summed E-state index contributed by atoms with van der Waals surface area (Å²) in [7, 11) is 1.74. The molecular weight excluding hydrogens is 430 g/mol. The molecule has 9 heteroatoms. The van der Waals surface area contributed by atoms with Crippen LogP contribution in [-0.2, 0) is 18.4 Å². The molecule has 32 heavy (non-hydrogen) atoms. The molecule has 162 valence electrons. The second kappa shape index (κ2) is 8.68. The van der Waals surface area contributed by atoms with Crippen LogP contribution in [0, 0.1) is 6.92 Å². The van der Waals surface area contributed by atoms with Gasteiger partial charge in [0, 0.05) is 23.7 Å². The van der Waals surface area contributed by atoms with E-state index in [2.05, 4.69) is 10.4 Å². The number of nitrogens with one attached hydrogen (secondary N) is 1. The number of anilines is 1. The molecular formula is C23H20ClN5O3. The zero-order valence-corrected chi connectivity index (χ0v) is 18.2. The SMILES string of the molecule is Cc1c(NC(=O)Cn2nc(-c3ccc(Cl)cc3)ccc2=O)c(=O)n(-c2ccccc2)n1C. The van der Waals surface area contributed by atoms with Gasteiger partial charge in [0.1, 0.15) is 12.2 Å². The minimum atomic E-state index is -0.529. The van der Waals surface area contributed by atoms with Crippen molar-refractivity contribution < 1.29 is 4.79 Å². The normalized spacial score (nSPS) is 10.8. The first-order chi connectivity index (χ1) is 15.3. The maximum absolute atomic E-state index is 13.0. The van der Waals surface area contributed by atoms with Crippen molar-refractivity contribution in [3.8, 4) is 16.9 Å². The molecule has 0 aliphatic carbocycles. The predicted octanol–water partition coefficient (Wildman–Crippen LogP) is 3.00. The molecule has 0 fully saturated rings. The zero-order chi connectivity index (χ0) is 22.8. The fourth-order valence-corrected chi connectivity index (χ4v) is 3.49. The van der Waals surface area contributed by atoms with Gasteiger partial charge in [-0.3, -0.25) is 19.1 Å². The summed E-state index contributed by atoms with van der Waals surface area (Å²) in [4.78, 5) is 37.9. The van der Waals surface area contributed by atoms with Crippen LogP contribution in [-0.4, -0.2) is 25.1 Å². The fraction of sp³-hybridized carbons (Fsp3) is 0.130. The average Bonchev–Trinajstić information content (AvgIpc) is 2.99. The number of carbonyl (C=O) groups excluding carboxylic acids is 1. The van der Waals surface area contributed by atoms with Crippen LogP contribution in [0.15, 0.2) is 76.3 Å². The van der Waals surface area contributed by atoms with Crippen LogP contribution in [0.2, 0.25) is 5.02 Å². The summed E-state index contributed by atoms with van der Waals surface area (Å²) >= 11 is 5.92. The Hall–Kier alpha value is -3.91. The molecule has 2 heterocycles. The van der Waals surface area contributed by atoms with Crippen LogP contribution in [0.25, 0.3) is 16.9 Å². The average molecular weight is 450 g/mol. The maximum Gasteiger partial charge on any atom is 0.295 e. The molecule has 0 spiro atoms. The number of hydrogen-bond acceptors (Lipinski definition) is 4. The maximum atomic E-state index is 13.0. The number of nitrogens with zero attached hydrogens (tertiary/aromatic N) is 4. The third kappa shape index (κ3) is 4.13. The molecule has 2 aromatic carbocycles. The van der Waals surface area contributed by atoms with Gasteiger partial charge in [-0.1, -0.05) is 41.9 Å². The number of aromatic nitrogens is 4. The number of para-hydroxylation sites is 1. The van der Waals surface area contributed by atoms with E-state index in [1.54, 1.807) is 61.1 Å². The predicted molar refractivity (Wildman–Crippen MR) is 123 cm³/mol.